The van der Waals surface area contributed by atoms with E-state index in [-0.39, 0.29) is 5.56 Å². The summed E-state index contributed by atoms with van der Waals surface area (Å²) in [6.07, 6.45) is 6.42. The topological polar surface area (TPSA) is 88.8 Å². The van der Waals surface area contributed by atoms with E-state index in [2.05, 4.69) is 31.6 Å². The lowest BCUT2D eigenvalue weighted by atomic mass is 10.1. The number of likely N-dealkylation sites (tertiary alicyclic amines) is 1. The van der Waals surface area contributed by atoms with E-state index in [0.29, 0.717) is 35.5 Å². The third kappa shape index (κ3) is 5.63. The van der Waals surface area contributed by atoms with Crippen LogP contribution in [0, 0.1) is 5.82 Å². The molecule has 1 aliphatic rings. The van der Waals surface area contributed by atoms with Crippen molar-refractivity contribution in [3.63, 3.8) is 0 Å². The second-order valence-electron chi connectivity index (χ2n) is 10.0. The number of hydrogen-bond acceptors (Lipinski definition) is 6. The van der Waals surface area contributed by atoms with Gasteiger partial charge in [0.25, 0.3) is 5.91 Å². The van der Waals surface area contributed by atoms with Gasteiger partial charge in [-0.15, -0.1) is 5.10 Å². The molecule has 0 spiro atoms. The average Bonchev–Trinajstić information content (AvgIpc) is 3.37. The number of aromatic nitrogens is 5. The maximum absolute atomic E-state index is 15.0. The van der Waals surface area contributed by atoms with E-state index < -0.39 is 11.7 Å². The Balaban J connectivity index is 1.15. The Bertz CT molecular complexity index is 1630. The number of hydrogen-bond donors (Lipinski definition) is 1. The first-order chi connectivity index (χ1) is 19.1. The zero-order chi connectivity index (χ0) is 26.6. The van der Waals surface area contributed by atoms with E-state index in [0.717, 1.165) is 42.5 Å². The van der Waals surface area contributed by atoms with E-state index in [1.165, 1.54) is 31.4 Å². The maximum Gasteiger partial charge on any atom is 0.254 e. The summed E-state index contributed by atoms with van der Waals surface area (Å²) in [7, 11) is 0. The number of amides is 1. The van der Waals surface area contributed by atoms with Gasteiger partial charge in [-0.3, -0.25) is 9.78 Å². The minimum absolute atomic E-state index is 0.0373. The molecule has 2 aromatic carbocycles. The van der Waals surface area contributed by atoms with Crippen LogP contribution in [0.5, 0.6) is 0 Å². The third-order valence-electron chi connectivity index (χ3n) is 7.25. The van der Waals surface area contributed by atoms with Gasteiger partial charge in [0, 0.05) is 23.7 Å². The van der Waals surface area contributed by atoms with Crippen molar-refractivity contribution in [1.82, 2.24) is 35.2 Å². The quantitative estimate of drug-likeness (QED) is 0.293. The number of fused-ring (bicyclic) bond motifs is 2. The average molecular weight is 524 g/mol. The van der Waals surface area contributed by atoms with Gasteiger partial charge in [-0.25, -0.2) is 14.1 Å². The Kier molecular flexibility index (Phi) is 7.23. The molecule has 0 bridgehead atoms. The number of rotatable bonds is 8. The summed E-state index contributed by atoms with van der Waals surface area (Å²) in [5.74, 6) is -0.965. The van der Waals surface area contributed by atoms with Gasteiger partial charge in [-0.2, -0.15) is 0 Å². The Hall–Kier alpha value is -4.24. The standard InChI is InChI=1S/C30H30FN7O/c31-25-19-23(8-9-24(25)30(39)33-14-5-17-37-15-2-1-3-16-37)27-11-12-28-29(34-27)38(36-35-28)20-21-7-10-26-22(18-21)6-4-13-32-26/h4,6-13,18-19H,1-3,5,14-17,20H2,(H,33,39). The summed E-state index contributed by atoms with van der Waals surface area (Å²) in [6.45, 7) is 4.23. The summed E-state index contributed by atoms with van der Waals surface area (Å²) in [4.78, 5) is 24.1. The second-order valence-corrected chi connectivity index (χ2v) is 10.0. The summed E-state index contributed by atoms with van der Waals surface area (Å²) in [5.41, 5.74) is 4.45. The van der Waals surface area contributed by atoms with Crippen molar-refractivity contribution in [2.75, 3.05) is 26.2 Å². The first-order valence-corrected chi connectivity index (χ1v) is 13.5. The SMILES string of the molecule is O=C(NCCCN1CCCCC1)c1ccc(-c2ccc3nnn(Cc4ccc5ncccc5c4)c3n2)cc1F. The number of benzene rings is 2. The molecule has 1 fully saturated rings. The number of halogens is 1. The highest BCUT2D eigenvalue weighted by Crippen LogP contribution is 2.23. The number of nitrogens with zero attached hydrogens (tertiary/aromatic N) is 6. The van der Waals surface area contributed by atoms with Crippen molar-refractivity contribution in [3.05, 3.63) is 83.8 Å². The fourth-order valence-corrected chi connectivity index (χ4v) is 5.16. The molecule has 9 heteroatoms. The molecule has 1 amide bonds. The van der Waals surface area contributed by atoms with Gasteiger partial charge in [0.2, 0.25) is 0 Å². The van der Waals surface area contributed by atoms with Gasteiger partial charge >= 0.3 is 0 Å². The predicted molar refractivity (Wildman–Crippen MR) is 149 cm³/mol. The van der Waals surface area contributed by atoms with Crippen LogP contribution >= 0.6 is 0 Å². The first-order valence-electron chi connectivity index (χ1n) is 13.5. The highest BCUT2D eigenvalue weighted by atomic mass is 19.1. The van der Waals surface area contributed by atoms with Crippen LogP contribution in [0.1, 0.15) is 41.6 Å². The molecule has 0 unspecified atom stereocenters. The zero-order valence-electron chi connectivity index (χ0n) is 21.7. The Morgan fingerprint density at radius 1 is 0.974 bits per heavy atom. The van der Waals surface area contributed by atoms with Crippen LogP contribution < -0.4 is 5.32 Å². The molecule has 0 atom stereocenters. The minimum atomic E-state index is -0.570. The van der Waals surface area contributed by atoms with Gasteiger partial charge < -0.3 is 10.2 Å². The number of piperidine rings is 1. The van der Waals surface area contributed by atoms with Gasteiger partial charge in [0.15, 0.2) is 5.65 Å². The molecule has 39 heavy (non-hydrogen) atoms. The molecule has 8 nitrogen and oxygen atoms in total. The minimum Gasteiger partial charge on any atom is -0.352 e. The number of nitrogens with one attached hydrogen (secondary N) is 1. The molecule has 3 aromatic heterocycles. The van der Waals surface area contributed by atoms with Crippen LogP contribution in [0.25, 0.3) is 33.3 Å². The van der Waals surface area contributed by atoms with Crippen LogP contribution in [0.2, 0.25) is 0 Å². The van der Waals surface area contributed by atoms with Crippen molar-refractivity contribution in [2.24, 2.45) is 0 Å². The van der Waals surface area contributed by atoms with Crippen molar-refractivity contribution in [2.45, 2.75) is 32.2 Å². The van der Waals surface area contributed by atoms with E-state index in [9.17, 15) is 4.79 Å². The highest BCUT2D eigenvalue weighted by Gasteiger charge is 2.15. The van der Waals surface area contributed by atoms with Crippen LogP contribution in [-0.2, 0) is 6.54 Å². The van der Waals surface area contributed by atoms with Crippen molar-refractivity contribution < 1.29 is 9.18 Å². The molecule has 0 aliphatic carbocycles. The highest BCUT2D eigenvalue weighted by molar-refractivity contribution is 5.95. The molecular weight excluding hydrogens is 493 g/mol. The summed E-state index contributed by atoms with van der Waals surface area (Å²) in [6, 6.07) is 18.2. The lowest BCUT2D eigenvalue weighted by molar-refractivity contribution is 0.0947. The van der Waals surface area contributed by atoms with Gasteiger partial charge in [-0.05, 0) is 86.9 Å². The zero-order valence-corrected chi connectivity index (χ0v) is 21.7. The number of carbonyl (C=O) groups excluding carboxylic acids is 1. The van der Waals surface area contributed by atoms with Gasteiger partial charge in [0.1, 0.15) is 11.3 Å². The van der Waals surface area contributed by atoms with E-state index >= 15 is 4.39 Å². The molecular formula is C30H30FN7O. The molecule has 4 heterocycles. The summed E-state index contributed by atoms with van der Waals surface area (Å²) in [5, 5.41) is 12.4. The normalized spacial score (nSPS) is 14.2. The number of pyridine rings is 2. The number of carbonyl (C=O) groups is 1. The van der Waals surface area contributed by atoms with Crippen LogP contribution in [-0.4, -0.2) is 61.9 Å². The molecule has 6 rings (SSSR count). The molecule has 198 valence electrons. The van der Waals surface area contributed by atoms with Crippen LogP contribution in [0.15, 0.2) is 66.9 Å². The predicted octanol–water partition coefficient (Wildman–Crippen LogP) is 4.83. The summed E-state index contributed by atoms with van der Waals surface area (Å²) >= 11 is 0. The molecule has 5 aromatic rings. The lowest BCUT2D eigenvalue weighted by Gasteiger charge is -2.26. The van der Waals surface area contributed by atoms with Gasteiger partial charge in [0.05, 0.1) is 23.3 Å². The smallest absolute Gasteiger partial charge is 0.254 e. The first kappa shape index (κ1) is 25.1. The largest absolute Gasteiger partial charge is 0.352 e. The third-order valence-corrected chi connectivity index (χ3v) is 7.25. The molecule has 1 saturated heterocycles. The second kappa shape index (κ2) is 11.2. The molecule has 0 saturated carbocycles. The Morgan fingerprint density at radius 3 is 2.72 bits per heavy atom. The monoisotopic (exact) mass is 523 g/mol. The summed E-state index contributed by atoms with van der Waals surface area (Å²) < 4.78 is 16.7. The molecule has 1 N–H and O–H groups in total. The van der Waals surface area contributed by atoms with E-state index in [4.69, 9.17) is 4.98 Å². The van der Waals surface area contributed by atoms with Crippen LogP contribution in [0.4, 0.5) is 4.39 Å². The molecule has 0 radical (unpaired) electrons. The fourth-order valence-electron chi connectivity index (χ4n) is 5.16. The Morgan fingerprint density at radius 2 is 1.85 bits per heavy atom. The molecule has 1 aliphatic heterocycles. The van der Waals surface area contributed by atoms with E-state index in [1.54, 1.807) is 23.0 Å². The lowest BCUT2D eigenvalue weighted by Crippen LogP contribution is -2.33. The van der Waals surface area contributed by atoms with Gasteiger partial charge in [-0.1, -0.05) is 29.8 Å². The van der Waals surface area contributed by atoms with Crippen molar-refractivity contribution in [3.8, 4) is 11.3 Å². The maximum atomic E-state index is 15.0. The van der Waals surface area contributed by atoms with Crippen molar-refractivity contribution >= 4 is 28.0 Å². The van der Waals surface area contributed by atoms with Crippen molar-refractivity contribution in [1.29, 1.82) is 0 Å². The fraction of sp³-hybridized carbons (Fsp3) is 0.300. The van der Waals surface area contributed by atoms with Crippen LogP contribution in [0.3, 0.4) is 0 Å². The van der Waals surface area contributed by atoms with E-state index in [1.807, 2.05) is 30.3 Å². The Labute approximate surface area is 225 Å².